The molecule has 0 aromatic carbocycles. The van der Waals surface area contributed by atoms with Crippen LogP contribution in [0, 0.1) is 11.8 Å². The minimum Gasteiger partial charge on any atom is -0.380 e. The first-order chi connectivity index (χ1) is 13.1. The molecule has 0 spiro atoms. The third-order valence-electron chi connectivity index (χ3n) is 7.42. The van der Waals surface area contributed by atoms with Gasteiger partial charge in [-0.3, -0.25) is 9.69 Å². The maximum atomic E-state index is 14.3. The second-order valence-corrected chi connectivity index (χ2v) is 9.24. The van der Waals surface area contributed by atoms with Crippen LogP contribution in [-0.4, -0.2) is 67.4 Å². The quantitative estimate of drug-likeness (QED) is 0.787. The van der Waals surface area contributed by atoms with Gasteiger partial charge in [-0.25, -0.2) is 4.39 Å². The molecule has 6 heteroatoms. The lowest BCUT2D eigenvalue weighted by atomic mass is 9.77. The molecule has 5 nitrogen and oxygen atoms in total. The van der Waals surface area contributed by atoms with Gasteiger partial charge in [0.15, 0.2) is 0 Å². The lowest BCUT2D eigenvalue weighted by Crippen LogP contribution is -2.51. The van der Waals surface area contributed by atoms with Crippen LogP contribution in [0.25, 0.3) is 0 Å². The van der Waals surface area contributed by atoms with E-state index >= 15 is 0 Å². The summed E-state index contributed by atoms with van der Waals surface area (Å²) in [5.74, 6) is 0.568. The van der Waals surface area contributed by atoms with E-state index in [1.807, 2.05) is 0 Å². The molecule has 7 atom stereocenters. The number of hydrogen-bond donors (Lipinski definition) is 2. The van der Waals surface area contributed by atoms with E-state index in [9.17, 15) is 9.18 Å². The minimum atomic E-state index is -0.749. The maximum Gasteiger partial charge on any atom is 0.237 e. The number of nitrogens with one attached hydrogen (secondary N) is 2. The van der Waals surface area contributed by atoms with E-state index in [0.717, 1.165) is 52.0 Å². The highest BCUT2D eigenvalue weighted by Gasteiger charge is 2.46. The molecule has 4 rings (SSSR count). The van der Waals surface area contributed by atoms with Crippen molar-refractivity contribution in [3.05, 3.63) is 0 Å². The molecular weight excluding hydrogens is 345 g/mol. The van der Waals surface area contributed by atoms with Crippen LogP contribution in [0.3, 0.4) is 0 Å². The molecule has 27 heavy (non-hydrogen) atoms. The minimum absolute atomic E-state index is 0.0145. The molecule has 0 aromatic heterocycles. The van der Waals surface area contributed by atoms with Crippen molar-refractivity contribution in [2.75, 3.05) is 26.3 Å². The second kappa shape index (κ2) is 8.75. The van der Waals surface area contributed by atoms with Crippen molar-refractivity contribution in [3.63, 3.8) is 0 Å². The van der Waals surface area contributed by atoms with Gasteiger partial charge in [0.25, 0.3) is 0 Å². The molecule has 2 saturated carbocycles. The van der Waals surface area contributed by atoms with Crippen LogP contribution < -0.4 is 10.6 Å². The highest BCUT2D eigenvalue weighted by molar-refractivity contribution is 5.82. The number of rotatable bonds is 3. The number of carbonyl (C=O) groups is 1. The summed E-state index contributed by atoms with van der Waals surface area (Å²) in [6.07, 6.45) is 7.07. The van der Waals surface area contributed by atoms with Crippen molar-refractivity contribution in [2.45, 2.75) is 88.6 Å². The first-order valence-electron chi connectivity index (χ1n) is 11.1. The Morgan fingerprint density at radius 3 is 2.85 bits per heavy atom. The number of amides is 1. The van der Waals surface area contributed by atoms with Crippen LogP contribution in [0.5, 0.6) is 0 Å². The van der Waals surface area contributed by atoms with E-state index in [4.69, 9.17) is 4.74 Å². The van der Waals surface area contributed by atoms with Crippen molar-refractivity contribution in [2.24, 2.45) is 11.8 Å². The molecule has 4 fully saturated rings. The fraction of sp³-hybridized carbons (Fsp3) is 0.952. The molecule has 2 heterocycles. The van der Waals surface area contributed by atoms with Crippen molar-refractivity contribution in [1.29, 1.82) is 0 Å². The van der Waals surface area contributed by atoms with Crippen molar-refractivity contribution >= 4 is 5.91 Å². The van der Waals surface area contributed by atoms with Gasteiger partial charge in [-0.1, -0.05) is 6.92 Å². The Balaban J connectivity index is 1.30. The fourth-order valence-electron chi connectivity index (χ4n) is 5.86. The predicted octanol–water partition coefficient (Wildman–Crippen LogP) is 2.25. The zero-order chi connectivity index (χ0) is 18.8. The standard InChI is InChI=1S/C21H36FN3O2/c1-14-6-7-18(22)17-13-19(24-20(14)17)21(26)23-15-4-2-5-16(12-15)25-8-3-10-27-11-9-25/h14-20,24H,2-13H2,1H3,(H,23,26)/t14?,15-,16-,17?,18?,19?,20?/m1/s1. The molecule has 2 saturated heterocycles. The van der Waals surface area contributed by atoms with Gasteiger partial charge in [-0.05, 0) is 57.3 Å². The molecule has 5 unspecified atom stereocenters. The van der Waals surface area contributed by atoms with Gasteiger partial charge >= 0.3 is 0 Å². The van der Waals surface area contributed by atoms with Gasteiger partial charge in [0, 0.05) is 43.7 Å². The van der Waals surface area contributed by atoms with Crippen LogP contribution in [0.2, 0.25) is 0 Å². The second-order valence-electron chi connectivity index (χ2n) is 9.24. The highest BCUT2D eigenvalue weighted by Crippen LogP contribution is 2.38. The van der Waals surface area contributed by atoms with Gasteiger partial charge in [-0.15, -0.1) is 0 Å². The summed E-state index contributed by atoms with van der Waals surface area (Å²) in [6.45, 7) is 5.99. The van der Waals surface area contributed by atoms with Crippen LogP contribution in [0.1, 0.15) is 58.3 Å². The summed E-state index contributed by atoms with van der Waals surface area (Å²) in [7, 11) is 0. The zero-order valence-electron chi connectivity index (χ0n) is 16.7. The Labute approximate surface area is 162 Å². The highest BCUT2D eigenvalue weighted by atomic mass is 19.1. The number of alkyl halides is 1. The van der Waals surface area contributed by atoms with Gasteiger partial charge in [0.05, 0.1) is 12.6 Å². The normalized spacial score (nSPS) is 43.7. The van der Waals surface area contributed by atoms with Gasteiger partial charge in [-0.2, -0.15) is 0 Å². The maximum absolute atomic E-state index is 14.3. The van der Waals surface area contributed by atoms with Gasteiger partial charge in [0.1, 0.15) is 6.17 Å². The smallest absolute Gasteiger partial charge is 0.237 e. The summed E-state index contributed by atoms with van der Waals surface area (Å²) >= 11 is 0. The third-order valence-corrected chi connectivity index (χ3v) is 7.42. The number of hydrogen-bond acceptors (Lipinski definition) is 4. The molecule has 2 aliphatic carbocycles. The number of nitrogens with zero attached hydrogens (tertiary/aromatic N) is 1. The summed E-state index contributed by atoms with van der Waals surface area (Å²) < 4.78 is 19.9. The van der Waals surface area contributed by atoms with Crippen LogP contribution >= 0.6 is 0 Å². The van der Waals surface area contributed by atoms with E-state index < -0.39 is 6.17 Å². The van der Waals surface area contributed by atoms with Crippen molar-refractivity contribution in [3.8, 4) is 0 Å². The molecule has 2 N–H and O–H groups in total. The summed E-state index contributed by atoms with van der Waals surface area (Å²) in [5.41, 5.74) is 0. The number of carbonyl (C=O) groups excluding carboxylic acids is 1. The van der Waals surface area contributed by atoms with Gasteiger partial charge < -0.3 is 15.4 Å². The van der Waals surface area contributed by atoms with Crippen LogP contribution in [0.15, 0.2) is 0 Å². The molecule has 1 amide bonds. The Kier molecular flexibility index (Phi) is 6.35. The van der Waals surface area contributed by atoms with E-state index in [1.165, 1.54) is 12.8 Å². The SMILES string of the molecule is CC1CCC(F)C2CC(C(=O)N[C@@H]3CCC[C@@H](N4CCCOCC4)C3)NC12. The van der Waals surface area contributed by atoms with E-state index in [2.05, 4.69) is 22.5 Å². The first-order valence-corrected chi connectivity index (χ1v) is 11.1. The fourth-order valence-corrected chi connectivity index (χ4v) is 5.86. The Hall–Kier alpha value is -0.720. The van der Waals surface area contributed by atoms with E-state index in [1.54, 1.807) is 0 Å². The Morgan fingerprint density at radius 2 is 2.00 bits per heavy atom. The first kappa shape index (κ1) is 19.6. The molecule has 0 bridgehead atoms. The zero-order valence-corrected chi connectivity index (χ0v) is 16.7. The topological polar surface area (TPSA) is 53.6 Å². The largest absolute Gasteiger partial charge is 0.380 e. The average Bonchev–Trinajstić information content (AvgIpc) is 2.96. The number of halogens is 1. The number of ether oxygens (including phenoxy) is 1. The van der Waals surface area contributed by atoms with E-state index in [0.29, 0.717) is 24.8 Å². The molecule has 0 aromatic rings. The predicted molar refractivity (Wildman–Crippen MR) is 103 cm³/mol. The monoisotopic (exact) mass is 381 g/mol. The summed E-state index contributed by atoms with van der Waals surface area (Å²) in [4.78, 5) is 15.4. The Bertz CT molecular complexity index is 494. The van der Waals surface area contributed by atoms with Crippen molar-refractivity contribution in [1.82, 2.24) is 15.5 Å². The lowest BCUT2D eigenvalue weighted by Gasteiger charge is -2.37. The molecule has 154 valence electrons. The number of fused-ring (bicyclic) bond motifs is 1. The molecule has 0 radical (unpaired) electrons. The third kappa shape index (κ3) is 4.48. The molecule has 4 aliphatic rings. The van der Waals surface area contributed by atoms with Crippen LogP contribution in [0.4, 0.5) is 4.39 Å². The molecule has 2 aliphatic heterocycles. The van der Waals surface area contributed by atoms with Gasteiger partial charge in [0.2, 0.25) is 5.91 Å². The Morgan fingerprint density at radius 1 is 1.11 bits per heavy atom. The summed E-state index contributed by atoms with van der Waals surface area (Å²) in [6, 6.07) is 0.759. The molecular formula is C21H36FN3O2. The van der Waals surface area contributed by atoms with Crippen LogP contribution in [-0.2, 0) is 9.53 Å². The summed E-state index contributed by atoms with van der Waals surface area (Å²) in [5, 5.41) is 6.77. The average molecular weight is 382 g/mol. The lowest BCUT2D eigenvalue weighted by molar-refractivity contribution is -0.124. The van der Waals surface area contributed by atoms with E-state index in [-0.39, 0.29) is 30.0 Å². The van der Waals surface area contributed by atoms with Crippen molar-refractivity contribution < 1.29 is 13.9 Å².